The fourth-order valence-corrected chi connectivity index (χ4v) is 1.70. The van der Waals surface area contributed by atoms with E-state index in [1.54, 1.807) is 0 Å². The minimum Gasteiger partial charge on any atom is -0.343 e. The predicted molar refractivity (Wildman–Crippen MR) is 69.5 cm³/mol. The van der Waals surface area contributed by atoms with Gasteiger partial charge in [-0.2, -0.15) is 0 Å². The lowest BCUT2D eigenvalue weighted by Gasteiger charge is -2.22. The molecule has 0 aromatic rings. The number of amides is 1. The number of nitrogens with zero attached hydrogens (tertiary/aromatic N) is 1. The van der Waals surface area contributed by atoms with Gasteiger partial charge in [0.25, 0.3) is 0 Å². The molecule has 0 aromatic carbocycles. The van der Waals surface area contributed by atoms with Crippen LogP contribution in [-0.4, -0.2) is 36.5 Å². The van der Waals surface area contributed by atoms with Crippen LogP contribution in [0.1, 0.15) is 47.5 Å². The number of hydrogen-bond donors (Lipinski definition) is 1. The quantitative estimate of drug-likeness (QED) is 0.691. The molecule has 0 saturated heterocycles. The lowest BCUT2D eigenvalue weighted by atomic mass is 10.0. The SMILES string of the molecule is CCC(C)C(C)NCCC(=O)N(CC)CC. The fraction of sp³-hybridized carbons (Fsp3) is 0.923. The lowest BCUT2D eigenvalue weighted by Crippen LogP contribution is -2.37. The van der Waals surface area contributed by atoms with E-state index in [0.717, 1.165) is 19.6 Å². The summed E-state index contributed by atoms with van der Waals surface area (Å²) in [7, 11) is 0. The van der Waals surface area contributed by atoms with Crippen molar-refractivity contribution in [1.82, 2.24) is 10.2 Å². The van der Waals surface area contributed by atoms with Crippen molar-refractivity contribution in [1.29, 1.82) is 0 Å². The molecule has 0 rings (SSSR count). The minimum absolute atomic E-state index is 0.258. The summed E-state index contributed by atoms with van der Waals surface area (Å²) in [5.41, 5.74) is 0. The van der Waals surface area contributed by atoms with Crippen LogP contribution < -0.4 is 5.32 Å². The first kappa shape index (κ1) is 15.4. The van der Waals surface area contributed by atoms with Crippen molar-refractivity contribution < 1.29 is 4.79 Å². The topological polar surface area (TPSA) is 32.3 Å². The highest BCUT2D eigenvalue weighted by molar-refractivity contribution is 5.76. The standard InChI is InChI=1S/C13H28N2O/c1-6-11(4)12(5)14-10-9-13(16)15(7-2)8-3/h11-12,14H,6-10H2,1-5H3. The molecule has 96 valence electrons. The van der Waals surface area contributed by atoms with Crippen molar-refractivity contribution in [2.75, 3.05) is 19.6 Å². The third-order valence-corrected chi connectivity index (χ3v) is 3.42. The number of rotatable bonds is 8. The van der Waals surface area contributed by atoms with Crippen LogP contribution in [0.5, 0.6) is 0 Å². The van der Waals surface area contributed by atoms with E-state index < -0.39 is 0 Å². The number of carbonyl (C=O) groups is 1. The molecule has 2 atom stereocenters. The van der Waals surface area contributed by atoms with Crippen molar-refractivity contribution in [3.05, 3.63) is 0 Å². The molecule has 16 heavy (non-hydrogen) atoms. The van der Waals surface area contributed by atoms with Crippen molar-refractivity contribution in [3.8, 4) is 0 Å². The number of carbonyl (C=O) groups excluding carboxylic acids is 1. The van der Waals surface area contributed by atoms with Crippen LogP contribution in [0.15, 0.2) is 0 Å². The van der Waals surface area contributed by atoms with Gasteiger partial charge in [0.05, 0.1) is 0 Å². The Morgan fingerprint density at radius 1 is 1.19 bits per heavy atom. The van der Waals surface area contributed by atoms with Crippen molar-refractivity contribution >= 4 is 5.91 Å². The average Bonchev–Trinajstić information content (AvgIpc) is 2.29. The van der Waals surface area contributed by atoms with Gasteiger partial charge in [0.1, 0.15) is 0 Å². The van der Waals surface area contributed by atoms with E-state index in [1.165, 1.54) is 6.42 Å². The zero-order valence-electron chi connectivity index (χ0n) is 11.5. The highest BCUT2D eigenvalue weighted by Crippen LogP contribution is 2.06. The van der Waals surface area contributed by atoms with Gasteiger partial charge in [-0.1, -0.05) is 20.3 Å². The summed E-state index contributed by atoms with van der Waals surface area (Å²) in [6, 6.07) is 0.495. The van der Waals surface area contributed by atoms with Crippen LogP contribution in [0.2, 0.25) is 0 Å². The first-order chi connectivity index (χ1) is 7.56. The van der Waals surface area contributed by atoms with E-state index in [-0.39, 0.29) is 5.91 Å². The van der Waals surface area contributed by atoms with Gasteiger partial charge in [0.2, 0.25) is 5.91 Å². The predicted octanol–water partition coefficient (Wildman–Crippen LogP) is 2.27. The summed E-state index contributed by atoms with van der Waals surface area (Å²) in [5, 5.41) is 3.42. The second kappa shape index (κ2) is 8.57. The maximum Gasteiger partial charge on any atom is 0.223 e. The van der Waals surface area contributed by atoms with Crippen LogP contribution in [0.4, 0.5) is 0 Å². The average molecular weight is 228 g/mol. The van der Waals surface area contributed by atoms with Gasteiger partial charge < -0.3 is 10.2 Å². The Hall–Kier alpha value is -0.570. The molecule has 0 aromatic heterocycles. The summed E-state index contributed by atoms with van der Waals surface area (Å²) < 4.78 is 0. The highest BCUT2D eigenvalue weighted by Gasteiger charge is 2.12. The first-order valence-corrected chi connectivity index (χ1v) is 6.57. The Morgan fingerprint density at radius 2 is 1.75 bits per heavy atom. The molecular formula is C13H28N2O. The molecule has 3 heteroatoms. The van der Waals surface area contributed by atoms with Crippen LogP contribution in [0.3, 0.4) is 0 Å². The molecule has 1 amide bonds. The fourth-order valence-electron chi connectivity index (χ4n) is 1.70. The van der Waals surface area contributed by atoms with Gasteiger partial charge in [-0.3, -0.25) is 4.79 Å². The van der Waals surface area contributed by atoms with Crippen LogP contribution in [-0.2, 0) is 4.79 Å². The monoisotopic (exact) mass is 228 g/mol. The molecule has 3 nitrogen and oxygen atoms in total. The molecule has 0 heterocycles. The molecule has 0 aliphatic carbocycles. The highest BCUT2D eigenvalue weighted by atomic mass is 16.2. The second-order valence-corrected chi connectivity index (χ2v) is 4.44. The molecule has 1 N–H and O–H groups in total. The largest absolute Gasteiger partial charge is 0.343 e. The van der Waals surface area contributed by atoms with Gasteiger partial charge >= 0.3 is 0 Å². The van der Waals surface area contributed by atoms with Gasteiger partial charge in [-0.15, -0.1) is 0 Å². The van der Waals surface area contributed by atoms with E-state index in [0.29, 0.717) is 18.4 Å². The van der Waals surface area contributed by atoms with Gasteiger partial charge in [0, 0.05) is 32.1 Å². The van der Waals surface area contributed by atoms with Gasteiger partial charge in [-0.25, -0.2) is 0 Å². The van der Waals surface area contributed by atoms with Gasteiger partial charge in [0.15, 0.2) is 0 Å². The Balaban J connectivity index is 3.77. The summed E-state index contributed by atoms with van der Waals surface area (Å²) >= 11 is 0. The van der Waals surface area contributed by atoms with E-state index in [9.17, 15) is 4.79 Å². The summed E-state index contributed by atoms with van der Waals surface area (Å²) in [4.78, 5) is 13.6. The Kier molecular flexibility index (Phi) is 8.26. The maximum atomic E-state index is 11.7. The third kappa shape index (κ3) is 5.50. The smallest absolute Gasteiger partial charge is 0.223 e. The Bertz CT molecular complexity index is 190. The summed E-state index contributed by atoms with van der Waals surface area (Å²) in [5.74, 6) is 0.928. The number of hydrogen-bond acceptors (Lipinski definition) is 2. The molecule has 0 fully saturated rings. The molecule has 0 aliphatic rings. The summed E-state index contributed by atoms with van der Waals surface area (Å²) in [6.07, 6.45) is 1.79. The molecule has 0 saturated carbocycles. The van der Waals surface area contributed by atoms with Crippen molar-refractivity contribution in [2.45, 2.75) is 53.5 Å². The molecule has 0 aliphatic heterocycles. The van der Waals surface area contributed by atoms with Crippen LogP contribution >= 0.6 is 0 Å². The van der Waals surface area contributed by atoms with E-state index in [2.05, 4.69) is 26.1 Å². The summed E-state index contributed by atoms with van der Waals surface area (Å²) in [6.45, 7) is 13.1. The van der Waals surface area contributed by atoms with E-state index >= 15 is 0 Å². The maximum absolute atomic E-state index is 11.7. The van der Waals surface area contributed by atoms with Crippen molar-refractivity contribution in [3.63, 3.8) is 0 Å². The van der Waals surface area contributed by atoms with E-state index in [1.807, 2.05) is 18.7 Å². The Morgan fingerprint density at radius 3 is 2.19 bits per heavy atom. The third-order valence-electron chi connectivity index (χ3n) is 3.42. The zero-order chi connectivity index (χ0) is 12.6. The first-order valence-electron chi connectivity index (χ1n) is 6.57. The number of nitrogens with one attached hydrogen (secondary N) is 1. The van der Waals surface area contributed by atoms with E-state index in [4.69, 9.17) is 0 Å². The normalized spacial score (nSPS) is 14.6. The molecule has 0 radical (unpaired) electrons. The Labute approximate surface area is 101 Å². The zero-order valence-corrected chi connectivity index (χ0v) is 11.5. The second-order valence-electron chi connectivity index (χ2n) is 4.44. The lowest BCUT2D eigenvalue weighted by molar-refractivity contribution is -0.130. The molecular weight excluding hydrogens is 200 g/mol. The van der Waals surface area contributed by atoms with Crippen LogP contribution in [0, 0.1) is 5.92 Å². The van der Waals surface area contributed by atoms with Crippen LogP contribution in [0.25, 0.3) is 0 Å². The van der Waals surface area contributed by atoms with Crippen molar-refractivity contribution in [2.24, 2.45) is 5.92 Å². The molecule has 2 unspecified atom stereocenters. The molecule has 0 spiro atoms. The minimum atomic E-state index is 0.258. The molecule has 0 bridgehead atoms. The van der Waals surface area contributed by atoms with Gasteiger partial charge in [-0.05, 0) is 26.7 Å².